The molecule has 1 aromatic carbocycles. The fourth-order valence-electron chi connectivity index (χ4n) is 1.51. The number of carbonyl (C=O) groups excluding carboxylic acids is 1. The molecule has 1 atom stereocenters. The number of rotatable bonds is 4. The molecule has 0 N–H and O–H groups in total. The molecule has 0 aromatic heterocycles. The number of esters is 1. The van der Waals surface area contributed by atoms with Gasteiger partial charge in [-0.25, -0.2) is 0 Å². The zero-order valence-corrected chi connectivity index (χ0v) is 9.95. The summed E-state index contributed by atoms with van der Waals surface area (Å²) in [5.74, 6) is -2.30. The highest BCUT2D eigenvalue weighted by Gasteiger charge is 2.42. The number of hydrogen-bond donors (Lipinski definition) is 0. The Morgan fingerprint density at radius 3 is 2.17 bits per heavy atom. The van der Waals surface area contributed by atoms with E-state index in [0.717, 1.165) is 7.11 Å². The normalized spacial score (nSPS) is 12.9. The SMILES string of the molecule is COC(=O)CC(c1ccc(OC)cc1)C(F)(F)F. The van der Waals surface area contributed by atoms with Crippen molar-refractivity contribution in [3.05, 3.63) is 29.8 Å². The number of carbonyl (C=O) groups is 1. The molecule has 1 aromatic rings. The average Bonchev–Trinajstić information content (AvgIpc) is 2.34. The van der Waals surface area contributed by atoms with E-state index in [4.69, 9.17) is 4.74 Å². The molecule has 0 fully saturated rings. The first-order valence-electron chi connectivity index (χ1n) is 5.16. The van der Waals surface area contributed by atoms with E-state index in [1.54, 1.807) is 0 Å². The fourth-order valence-corrected chi connectivity index (χ4v) is 1.51. The molecule has 0 spiro atoms. The molecule has 0 heterocycles. The summed E-state index contributed by atoms with van der Waals surface area (Å²) in [5.41, 5.74) is 0.00806. The van der Waals surface area contributed by atoms with Crippen molar-refractivity contribution in [2.75, 3.05) is 14.2 Å². The third-order valence-corrected chi connectivity index (χ3v) is 2.51. The van der Waals surface area contributed by atoms with E-state index in [0.29, 0.717) is 5.75 Å². The van der Waals surface area contributed by atoms with Crippen LogP contribution in [-0.4, -0.2) is 26.4 Å². The lowest BCUT2D eigenvalue weighted by molar-refractivity contribution is -0.164. The van der Waals surface area contributed by atoms with Crippen molar-refractivity contribution in [2.45, 2.75) is 18.5 Å². The highest BCUT2D eigenvalue weighted by atomic mass is 19.4. The minimum Gasteiger partial charge on any atom is -0.497 e. The van der Waals surface area contributed by atoms with Gasteiger partial charge >= 0.3 is 12.1 Å². The Morgan fingerprint density at radius 1 is 1.22 bits per heavy atom. The predicted octanol–water partition coefficient (Wildman–Crippen LogP) is 2.90. The van der Waals surface area contributed by atoms with E-state index in [1.807, 2.05) is 0 Å². The molecular weight excluding hydrogens is 249 g/mol. The van der Waals surface area contributed by atoms with E-state index in [2.05, 4.69) is 4.74 Å². The Labute approximate surface area is 103 Å². The van der Waals surface area contributed by atoms with E-state index >= 15 is 0 Å². The lowest BCUT2D eigenvalue weighted by atomic mass is 9.95. The molecule has 0 saturated heterocycles. The van der Waals surface area contributed by atoms with Gasteiger partial charge in [-0.15, -0.1) is 0 Å². The van der Waals surface area contributed by atoms with Gasteiger partial charge in [-0.05, 0) is 17.7 Å². The Morgan fingerprint density at radius 2 is 1.78 bits per heavy atom. The van der Waals surface area contributed by atoms with Crippen LogP contribution in [0, 0.1) is 0 Å². The summed E-state index contributed by atoms with van der Waals surface area (Å²) in [6.45, 7) is 0. The monoisotopic (exact) mass is 262 g/mol. The highest BCUT2D eigenvalue weighted by Crippen LogP contribution is 2.38. The van der Waals surface area contributed by atoms with Gasteiger partial charge in [0.05, 0.1) is 26.6 Å². The maximum Gasteiger partial charge on any atom is 0.396 e. The second-order valence-corrected chi connectivity index (χ2v) is 3.65. The number of ether oxygens (including phenoxy) is 2. The van der Waals surface area contributed by atoms with Crippen LogP contribution in [0.25, 0.3) is 0 Å². The van der Waals surface area contributed by atoms with Crippen LogP contribution in [0.4, 0.5) is 13.2 Å². The first-order valence-corrected chi connectivity index (χ1v) is 5.16. The van der Waals surface area contributed by atoms with E-state index in [-0.39, 0.29) is 5.56 Å². The van der Waals surface area contributed by atoms with Crippen LogP contribution < -0.4 is 4.74 Å². The minimum absolute atomic E-state index is 0.00806. The van der Waals surface area contributed by atoms with Gasteiger partial charge in [0.15, 0.2) is 0 Å². The lowest BCUT2D eigenvalue weighted by Crippen LogP contribution is -2.24. The summed E-state index contributed by atoms with van der Waals surface area (Å²) in [4.78, 5) is 11.0. The van der Waals surface area contributed by atoms with Crippen LogP contribution in [0.2, 0.25) is 0 Å². The van der Waals surface area contributed by atoms with Gasteiger partial charge in [0.25, 0.3) is 0 Å². The number of halogens is 3. The second kappa shape index (κ2) is 5.75. The largest absolute Gasteiger partial charge is 0.497 e. The summed E-state index contributed by atoms with van der Waals surface area (Å²) < 4.78 is 47.7. The molecule has 0 bridgehead atoms. The van der Waals surface area contributed by atoms with Crippen LogP contribution in [-0.2, 0) is 9.53 Å². The van der Waals surface area contributed by atoms with Crippen LogP contribution in [0.15, 0.2) is 24.3 Å². The lowest BCUT2D eigenvalue weighted by Gasteiger charge is -2.19. The zero-order chi connectivity index (χ0) is 13.8. The van der Waals surface area contributed by atoms with Crippen molar-refractivity contribution >= 4 is 5.97 Å². The zero-order valence-electron chi connectivity index (χ0n) is 9.95. The summed E-state index contributed by atoms with van der Waals surface area (Å²) >= 11 is 0. The number of alkyl halides is 3. The van der Waals surface area contributed by atoms with Gasteiger partial charge in [-0.3, -0.25) is 4.79 Å². The topological polar surface area (TPSA) is 35.5 Å². The van der Waals surface area contributed by atoms with E-state index in [1.165, 1.54) is 31.4 Å². The highest BCUT2D eigenvalue weighted by molar-refractivity contribution is 5.70. The molecule has 0 amide bonds. The number of benzene rings is 1. The summed E-state index contributed by atoms with van der Waals surface area (Å²) in [6.07, 6.45) is -5.23. The Hall–Kier alpha value is -1.72. The third-order valence-electron chi connectivity index (χ3n) is 2.51. The van der Waals surface area contributed by atoms with Crippen molar-refractivity contribution in [1.29, 1.82) is 0 Å². The molecule has 1 rings (SSSR count). The molecule has 18 heavy (non-hydrogen) atoms. The minimum atomic E-state index is -4.50. The summed E-state index contributed by atoms with van der Waals surface area (Å²) in [7, 11) is 2.48. The molecule has 0 aliphatic rings. The van der Waals surface area contributed by atoms with Gasteiger partial charge in [0, 0.05) is 0 Å². The molecular formula is C12H13F3O3. The molecule has 3 nitrogen and oxygen atoms in total. The summed E-state index contributed by atoms with van der Waals surface area (Å²) in [6, 6.07) is 5.43. The van der Waals surface area contributed by atoms with Crippen LogP contribution in [0.5, 0.6) is 5.75 Å². The molecule has 0 aliphatic carbocycles. The van der Waals surface area contributed by atoms with Crippen molar-refractivity contribution < 1.29 is 27.4 Å². The molecule has 0 radical (unpaired) electrons. The van der Waals surface area contributed by atoms with Gasteiger partial charge in [0.2, 0.25) is 0 Å². The Balaban J connectivity index is 2.98. The average molecular weight is 262 g/mol. The quantitative estimate of drug-likeness (QED) is 0.783. The molecule has 1 unspecified atom stereocenters. The van der Waals surface area contributed by atoms with Gasteiger partial charge in [-0.2, -0.15) is 13.2 Å². The van der Waals surface area contributed by atoms with Crippen molar-refractivity contribution in [2.24, 2.45) is 0 Å². The molecule has 0 aliphatic heterocycles. The first-order chi connectivity index (χ1) is 8.38. The van der Waals surface area contributed by atoms with Gasteiger partial charge < -0.3 is 9.47 Å². The van der Waals surface area contributed by atoms with Crippen LogP contribution >= 0.6 is 0 Å². The van der Waals surface area contributed by atoms with E-state index < -0.39 is 24.5 Å². The van der Waals surface area contributed by atoms with Crippen LogP contribution in [0.1, 0.15) is 17.9 Å². The summed E-state index contributed by atoms with van der Waals surface area (Å²) in [5, 5.41) is 0. The first kappa shape index (κ1) is 14.3. The smallest absolute Gasteiger partial charge is 0.396 e. The standard InChI is InChI=1S/C12H13F3O3/c1-17-9-5-3-8(4-6-9)10(12(13,14)15)7-11(16)18-2/h3-6,10H,7H2,1-2H3. The number of methoxy groups -OCH3 is 2. The van der Waals surface area contributed by atoms with Crippen molar-refractivity contribution in [1.82, 2.24) is 0 Å². The Bertz CT molecular complexity index is 398. The third kappa shape index (κ3) is 3.65. The van der Waals surface area contributed by atoms with Crippen LogP contribution in [0.3, 0.4) is 0 Å². The van der Waals surface area contributed by atoms with Gasteiger partial charge in [-0.1, -0.05) is 12.1 Å². The molecule has 100 valence electrons. The van der Waals surface area contributed by atoms with E-state index in [9.17, 15) is 18.0 Å². The van der Waals surface area contributed by atoms with Crippen molar-refractivity contribution in [3.8, 4) is 5.75 Å². The predicted molar refractivity (Wildman–Crippen MR) is 58.4 cm³/mol. The Kier molecular flexibility index (Phi) is 4.58. The molecule has 0 saturated carbocycles. The molecule has 6 heteroatoms. The maximum absolute atomic E-state index is 12.8. The fraction of sp³-hybridized carbons (Fsp3) is 0.417. The van der Waals surface area contributed by atoms with Gasteiger partial charge in [0.1, 0.15) is 5.75 Å². The van der Waals surface area contributed by atoms with Crippen molar-refractivity contribution in [3.63, 3.8) is 0 Å². The second-order valence-electron chi connectivity index (χ2n) is 3.65. The maximum atomic E-state index is 12.8. The number of hydrogen-bond acceptors (Lipinski definition) is 3.